The summed E-state index contributed by atoms with van der Waals surface area (Å²) >= 11 is 0. The van der Waals surface area contributed by atoms with Crippen LogP contribution in [0, 0.1) is 23.2 Å². The second-order valence-electron chi connectivity index (χ2n) is 16.1. The molecule has 0 spiro atoms. The summed E-state index contributed by atoms with van der Waals surface area (Å²) in [5.74, 6) is 0.251. The number of ether oxygens (including phenoxy) is 2. The Bertz CT molecular complexity index is 770. The smallest absolute Gasteiger partial charge is 0.308 e. The highest BCUT2D eigenvalue weighted by molar-refractivity contribution is 5.72. The summed E-state index contributed by atoms with van der Waals surface area (Å²) < 4.78 is 11.6. The van der Waals surface area contributed by atoms with Crippen molar-refractivity contribution in [1.29, 1.82) is 5.26 Å². The SMILES string of the molecule is CCCCCCCCC(CCCCCC)C(=O)OCCCCCCN(CCC#N)CCCCCCOC(=O)C(CCCCCC)CCCCCCCC. The van der Waals surface area contributed by atoms with Gasteiger partial charge in [0.2, 0.25) is 0 Å². The molecule has 0 rings (SSSR count). The Morgan fingerprint density at radius 1 is 0.434 bits per heavy atom. The van der Waals surface area contributed by atoms with Crippen LogP contribution < -0.4 is 0 Å². The van der Waals surface area contributed by atoms with E-state index in [0.717, 1.165) is 122 Å². The van der Waals surface area contributed by atoms with E-state index in [1.165, 1.54) is 103 Å². The number of carbonyl (C=O) groups excluding carboxylic acids is 2. The van der Waals surface area contributed by atoms with Gasteiger partial charge in [-0.05, 0) is 64.5 Å². The van der Waals surface area contributed by atoms with Gasteiger partial charge >= 0.3 is 11.9 Å². The van der Waals surface area contributed by atoms with E-state index in [-0.39, 0.29) is 23.8 Å². The van der Waals surface area contributed by atoms with Crippen LogP contribution in [0.3, 0.4) is 0 Å². The van der Waals surface area contributed by atoms with E-state index in [4.69, 9.17) is 9.47 Å². The number of carbonyl (C=O) groups is 2. The molecule has 0 aliphatic rings. The monoisotopic (exact) mass is 747 g/mol. The Kier molecular flexibility index (Phi) is 40.3. The van der Waals surface area contributed by atoms with Crippen LogP contribution in [0.5, 0.6) is 0 Å². The molecule has 0 amide bonds. The van der Waals surface area contributed by atoms with Crippen molar-refractivity contribution in [2.75, 3.05) is 32.8 Å². The second kappa shape index (κ2) is 41.6. The molecule has 0 fully saturated rings. The van der Waals surface area contributed by atoms with Crippen LogP contribution in [0.2, 0.25) is 0 Å². The summed E-state index contributed by atoms with van der Waals surface area (Å²) in [6, 6.07) is 2.32. The number of hydrogen-bond donors (Lipinski definition) is 0. The molecule has 0 bridgehead atoms. The minimum absolute atomic E-state index is 0.0430. The third-order valence-corrected chi connectivity index (χ3v) is 11.1. The number of nitriles is 1. The zero-order valence-corrected chi connectivity index (χ0v) is 36.1. The van der Waals surface area contributed by atoms with Crippen molar-refractivity contribution < 1.29 is 19.1 Å². The molecule has 312 valence electrons. The van der Waals surface area contributed by atoms with E-state index in [2.05, 4.69) is 38.7 Å². The van der Waals surface area contributed by atoms with Gasteiger partial charge in [0.1, 0.15) is 0 Å². The van der Waals surface area contributed by atoms with Crippen molar-refractivity contribution in [1.82, 2.24) is 4.90 Å². The fourth-order valence-corrected chi connectivity index (χ4v) is 7.44. The Morgan fingerprint density at radius 3 is 1.09 bits per heavy atom. The van der Waals surface area contributed by atoms with Gasteiger partial charge in [-0.15, -0.1) is 0 Å². The average molecular weight is 747 g/mol. The third-order valence-electron chi connectivity index (χ3n) is 11.1. The zero-order chi connectivity index (χ0) is 38.9. The van der Waals surface area contributed by atoms with Gasteiger partial charge in [-0.25, -0.2) is 0 Å². The molecule has 0 aliphatic heterocycles. The van der Waals surface area contributed by atoms with Crippen molar-refractivity contribution >= 4 is 11.9 Å². The second-order valence-corrected chi connectivity index (χ2v) is 16.1. The van der Waals surface area contributed by atoms with Crippen LogP contribution in [0.25, 0.3) is 0 Å². The topological polar surface area (TPSA) is 79.6 Å². The fourth-order valence-electron chi connectivity index (χ4n) is 7.44. The highest BCUT2D eigenvalue weighted by Gasteiger charge is 2.20. The molecule has 0 aromatic heterocycles. The first kappa shape index (κ1) is 51.4. The van der Waals surface area contributed by atoms with E-state index in [0.29, 0.717) is 19.6 Å². The normalized spacial score (nSPS) is 12.5. The molecule has 0 aliphatic carbocycles. The Morgan fingerprint density at radius 2 is 0.736 bits per heavy atom. The molecule has 53 heavy (non-hydrogen) atoms. The van der Waals surface area contributed by atoms with Gasteiger partial charge in [0, 0.05) is 13.0 Å². The lowest BCUT2D eigenvalue weighted by Gasteiger charge is -2.21. The molecule has 6 nitrogen and oxygen atoms in total. The third kappa shape index (κ3) is 34.6. The minimum atomic E-state index is 0.0430. The maximum atomic E-state index is 12.9. The fraction of sp³-hybridized carbons (Fsp3) is 0.936. The highest BCUT2D eigenvalue weighted by atomic mass is 16.5. The predicted molar refractivity (Wildman–Crippen MR) is 226 cm³/mol. The summed E-state index contributed by atoms with van der Waals surface area (Å²) in [5.41, 5.74) is 0. The van der Waals surface area contributed by atoms with Gasteiger partial charge in [-0.1, -0.05) is 182 Å². The lowest BCUT2D eigenvalue weighted by molar-refractivity contribution is -0.150. The summed E-state index contributed by atoms with van der Waals surface area (Å²) in [6.45, 7) is 13.0. The Balaban J connectivity index is 4.29. The highest BCUT2D eigenvalue weighted by Crippen LogP contribution is 2.22. The van der Waals surface area contributed by atoms with E-state index in [9.17, 15) is 14.9 Å². The molecule has 0 aromatic rings. The van der Waals surface area contributed by atoms with Crippen molar-refractivity contribution in [2.45, 2.75) is 240 Å². The number of nitrogens with zero attached hydrogens (tertiary/aromatic N) is 2. The van der Waals surface area contributed by atoms with Crippen molar-refractivity contribution in [3.63, 3.8) is 0 Å². The summed E-state index contributed by atoms with van der Waals surface area (Å²) in [4.78, 5) is 28.3. The van der Waals surface area contributed by atoms with Crippen LogP contribution in [-0.2, 0) is 19.1 Å². The van der Waals surface area contributed by atoms with Crippen molar-refractivity contribution in [3.8, 4) is 6.07 Å². The largest absolute Gasteiger partial charge is 0.465 e. The molecule has 0 aromatic carbocycles. The number of rotatable bonds is 42. The van der Waals surface area contributed by atoms with Crippen LogP contribution in [0.4, 0.5) is 0 Å². The van der Waals surface area contributed by atoms with Gasteiger partial charge in [0.05, 0.1) is 31.1 Å². The van der Waals surface area contributed by atoms with Gasteiger partial charge in [-0.2, -0.15) is 5.26 Å². The predicted octanol–water partition coefficient (Wildman–Crippen LogP) is 14.1. The number of esters is 2. The molecule has 6 heteroatoms. The molecular weight excluding hydrogens is 657 g/mol. The Hall–Kier alpha value is -1.61. The van der Waals surface area contributed by atoms with Gasteiger partial charge < -0.3 is 14.4 Å². The van der Waals surface area contributed by atoms with Crippen molar-refractivity contribution in [2.24, 2.45) is 11.8 Å². The lowest BCUT2D eigenvalue weighted by atomic mass is 9.94. The molecular formula is C47H90N2O4. The van der Waals surface area contributed by atoms with E-state index in [1.54, 1.807) is 0 Å². The molecule has 0 saturated carbocycles. The maximum Gasteiger partial charge on any atom is 0.308 e. The zero-order valence-electron chi connectivity index (χ0n) is 36.1. The van der Waals surface area contributed by atoms with Crippen molar-refractivity contribution in [3.05, 3.63) is 0 Å². The molecule has 0 heterocycles. The molecule has 0 N–H and O–H groups in total. The van der Waals surface area contributed by atoms with Gasteiger partial charge in [-0.3, -0.25) is 9.59 Å². The van der Waals surface area contributed by atoms with Gasteiger partial charge in [0.25, 0.3) is 0 Å². The lowest BCUT2D eigenvalue weighted by Crippen LogP contribution is -2.27. The molecule has 2 unspecified atom stereocenters. The van der Waals surface area contributed by atoms with Crippen LogP contribution >= 0.6 is 0 Å². The van der Waals surface area contributed by atoms with Crippen LogP contribution in [0.15, 0.2) is 0 Å². The van der Waals surface area contributed by atoms with Gasteiger partial charge in [0.15, 0.2) is 0 Å². The number of unbranched alkanes of at least 4 members (excludes halogenated alkanes) is 22. The average Bonchev–Trinajstić information content (AvgIpc) is 3.16. The first-order valence-corrected chi connectivity index (χ1v) is 23.5. The Labute approximate surface area is 330 Å². The summed E-state index contributed by atoms with van der Waals surface area (Å²) in [5, 5.41) is 9.19. The standard InChI is InChI=1S/C47H90N2O4/c1-5-9-13-17-19-27-36-44(34-25-15-11-7-3)46(50)52-42-31-23-21-29-39-49(41-33-38-48)40-30-22-24-32-43-53-47(51)45(35-26-16-12-8-4)37-28-20-18-14-10-6-2/h44-45H,5-37,39-43H2,1-4H3. The van der Waals surface area contributed by atoms with Crippen LogP contribution in [-0.4, -0.2) is 49.7 Å². The maximum absolute atomic E-state index is 12.9. The number of hydrogen-bond acceptors (Lipinski definition) is 6. The quantitative estimate of drug-likeness (QED) is 0.0457. The van der Waals surface area contributed by atoms with Crippen LogP contribution in [0.1, 0.15) is 240 Å². The first-order valence-electron chi connectivity index (χ1n) is 23.5. The molecule has 0 saturated heterocycles. The van der Waals surface area contributed by atoms with E-state index in [1.807, 2.05) is 0 Å². The summed E-state index contributed by atoms with van der Waals surface area (Å²) in [7, 11) is 0. The first-order chi connectivity index (χ1) is 26.0. The van der Waals surface area contributed by atoms with E-state index >= 15 is 0 Å². The summed E-state index contributed by atoms with van der Waals surface area (Å²) in [6.07, 6.45) is 37.9. The van der Waals surface area contributed by atoms with E-state index < -0.39 is 0 Å². The molecule has 2 atom stereocenters. The minimum Gasteiger partial charge on any atom is -0.465 e. The molecule has 0 radical (unpaired) electrons.